The van der Waals surface area contributed by atoms with Gasteiger partial charge in [0.1, 0.15) is 17.3 Å². The number of benzene rings is 1. The molecule has 3 aromatic rings. The van der Waals surface area contributed by atoms with Gasteiger partial charge >= 0.3 is 5.69 Å². The van der Waals surface area contributed by atoms with Crippen LogP contribution in [0.2, 0.25) is 0 Å². The summed E-state index contributed by atoms with van der Waals surface area (Å²) in [6.07, 6.45) is 1.45. The molecule has 0 aliphatic rings. The molecule has 0 amide bonds. The van der Waals surface area contributed by atoms with E-state index in [9.17, 15) is 19.7 Å². The molecule has 0 bridgehead atoms. The molecule has 0 atom stereocenters. The highest BCUT2D eigenvalue weighted by molar-refractivity contribution is 5.78. The lowest BCUT2D eigenvalue weighted by atomic mass is 10.1. The number of hydrogen-bond acceptors (Lipinski definition) is 7. The number of non-ortho nitro benzene ring substituents is 1. The second-order valence-electron chi connectivity index (χ2n) is 5.82. The Balaban J connectivity index is 1.81. The lowest BCUT2D eigenvalue weighted by molar-refractivity contribution is -0.384. The first-order chi connectivity index (χ1) is 13.4. The van der Waals surface area contributed by atoms with Crippen molar-refractivity contribution in [2.24, 2.45) is 12.1 Å². The summed E-state index contributed by atoms with van der Waals surface area (Å²) in [5, 5.41) is 16.4. The van der Waals surface area contributed by atoms with E-state index in [2.05, 4.69) is 10.1 Å². The fraction of sp³-hybridized carbons (Fsp3) is 0.167. The van der Waals surface area contributed by atoms with Gasteiger partial charge in [-0.15, -0.1) is 0 Å². The van der Waals surface area contributed by atoms with Crippen LogP contribution in [-0.4, -0.2) is 27.2 Å². The molecule has 1 aromatic carbocycles. The van der Waals surface area contributed by atoms with E-state index in [1.807, 2.05) is 6.92 Å². The van der Waals surface area contributed by atoms with Gasteiger partial charge in [-0.25, -0.2) is 9.80 Å². The fourth-order valence-electron chi connectivity index (χ4n) is 2.45. The number of aromatic nitrogens is 2. The molecule has 0 unspecified atom stereocenters. The van der Waals surface area contributed by atoms with Crippen molar-refractivity contribution in [3.63, 3.8) is 0 Å². The summed E-state index contributed by atoms with van der Waals surface area (Å²) in [4.78, 5) is 36.4. The minimum absolute atomic E-state index is 0.00123. The molecular weight excluding hydrogens is 366 g/mol. The van der Waals surface area contributed by atoms with E-state index in [1.165, 1.54) is 36.5 Å². The van der Waals surface area contributed by atoms with Gasteiger partial charge in [-0.05, 0) is 31.2 Å². The first-order valence-electron chi connectivity index (χ1n) is 8.35. The van der Waals surface area contributed by atoms with Crippen molar-refractivity contribution in [2.75, 3.05) is 11.6 Å². The molecule has 2 heterocycles. The van der Waals surface area contributed by atoms with Crippen LogP contribution in [0.1, 0.15) is 12.7 Å². The van der Waals surface area contributed by atoms with Gasteiger partial charge in [0.15, 0.2) is 0 Å². The zero-order chi connectivity index (χ0) is 20.3. The normalized spacial score (nSPS) is 11.1. The highest BCUT2D eigenvalue weighted by atomic mass is 16.6. The average molecular weight is 383 g/mol. The first kappa shape index (κ1) is 18.8. The van der Waals surface area contributed by atoms with E-state index in [1.54, 1.807) is 24.3 Å². The van der Waals surface area contributed by atoms with E-state index in [-0.39, 0.29) is 11.5 Å². The zero-order valence-corrected chi connectivity index (χ0v) is 15.2. The summed E-state index contributed by atoms with van der Waals surface area (Å²) >= 11 is 0. The number of furan rings is 1. The van der Waals surface area contributed by atoms with Crippen LogP contribution < -0.4 is 16.3 Å². The maximum atomic E-state index is 11.8. The number of nitro benzene ring substituents is 1. The quantitative estimate of drug-likeness (QED) is 0.394. The molecule has 0 aliphatic heterocycles. The van der Waals surface area contributed by atoms with Gasteiger partial charge in [0.25, 0.3) is 11.2 Å². The predicted octanol–water partition coefficient (Wildman–Crippen LogP) is 2.10. The Labute approximate surface area is 158 Å². The van der Waals surface area contributed by atoms with E-state index < -0.39 is 16.2 Å². The highest BCUT2D eigenvalue weighted by Gasteiger charge is 2.09. The molecule has 0 saturated carbocycles. The molecule has 0 radical (unpaired) electrons. The Morgan fingerprint density at radius 2 is 1.96 bits per heavy atom. The molecule has 3 rings (SSSR count). The second-order valence-corrected chi connectivity index (χ2v) is 5.82. The topological polar surface area (TPSA) is 127 Å². The smallest absolute Gasteiger partial charge is 0.329 e. The molecule has 0 saturated heterocycles. The predicted molar refractivity (Wildman–Crippen MR) is 104 cm³/mol. The molecule has 144 valence electrons. The third-order valence-corrected chi connectivity index (χ3v) is 4.02. The number of nitrogens with zero attached hydrogens (tertiary/aromatic N) is 4. The Bertz CT molecular complexity index is 1110. The summed E-state index contributed by atoms with van der Waals surface area (Å²) < 4.78 is 6.65. The number of rotatable bonds is 6. The van der Waals surface area contributed by atoms with Gasteiger partial charge in [-0.3, -0.25) is 24.5 Å². The van der Waals surface area contributed by atoms with E-state index in [0.717, 1.165) is 4.57 Å². The minimum atomic E-state index is -0.533. The number of nitrogens with one attached hydrogen (secondary N) is 1. The molecule has 28 heavy (non-hydrogen) atoms. The van der Waals surface area contributed by atoms with Gasteiger partial charge in [0.2, 0.25) is 0 Å². The molecule has 2 aromatic heterocycles. The summed E-state index contributed by atoms with van der Waals surface area (Å²) in [6, 6.07) is 10.7. The van der Waals surface area contributed by atoms with Crippen LogP contribution in [0, 0.1) is 10.1 Å². The Morgan fingerprint density at radius 3 is 2.57 bits per heavy atom. The summed E-state index contributed by atoms with van der Waals surface area (Å²) in [7, 11) is 1.38. The Kier molecular flexibility index (Phi) is 5.21. The summed E-state index contributed by atoms with van der Waals surface area (Å²) in [5.74, 6) is 1.24. The fourth-order valence-corrected chi connectivity index (χ4v) is 2.45. The molecule has 1 N–H and O–H groups in total. The number of anilines is 1. The summed E-state index contributed by atoms with van der Waals surface area (Å²) in [5.41, 5.74) is -0.285. The Morgan fingerprint density at radius 1 is 1.25 bits per heavy atom. The van der Waals surface area contributed by atoms with E-state index >= 15 is 0 Å². The number of aromatic amines is 1. The lowest BCUT2D eigenvalue weighted by Crippen LogP contribution is -2.34. The Hall–Kier alpha value is -3.95. The van der Waals surface area contributed by atoms with Crippen LogP contribution in [0.25, 0.3) is 11.3 Å². The van der Waals surface area contributed by atoms with Gasteiger partial charge in [0.05, 0.1) is 11.1 Å². The number of H-pyrrole nitrogens is 1. The zero-order valence-electron chi connectivity index (χ0n) is 15.2. The van der Waals surface area contributed by atoms with Crippen LogP contribution in [0.5, 0.6) is 0 Å². The largest absolute Gasteiger partial charge is 0.455 e. The molecule has 0 aliphatic carbocycles. The second kappa shape index (κ2) is 7.74. The van der Waals surface area contributed by atoms with Crippen LogP contribution >= 0.6 is 0 Å². The average Bonchev–Trinajstić information content (AvgIpc) is 3.15. The lowest BCUT2D eigenvalue weighted by Gasteiger charge is -2.15. The third-order valence-electron chi connectivity index (χ3n) is 4.02. The molecular formula is C18H17N5O5. The molecule has 10 nitrogen and oxygen atoms in total. The number of hydrogen-bond donors (Lipinski definition) is 1. The van der Waals surface area contributed by atoms with Crippen LogP contribution in [0.15, 0.2) is 61.6 Å². The van der Waals surface area contributed by atoms with Gasteiger partial charge in [-0.1, -0.05) is 0 Å². The van der Waals surface area contributed by atoms with Crippen LogP contribution in [0.3, 0.4) is 0 Å². The highest BCUT2D eigenvalue weighted by Crippen LogP contribution is 2.24. The van der Waals surface area contributed by atoms with Crippen molar-refractivity contribution in [2.45, 2.75) is 6.92 Å². The summed E-state index contributed by atoms with van der Waals surface area (Å²) in [6.45, 7) is 2.23. The van der Waals surface area contributed by atoms with Crippen molar-refractivity contribution in [3.05, 3.63) is 79.2 Å². The van der Waals surface area contributed by atoms with E-state index in [4.69, 9.17) is 4.42 Å². The monoisotopic (exact) mass is 383 g/mol. The molecule has 10 heteroatoms. The maximum Gasteiger partial charge on any atom is 0.329 e. The van der Waals surface area contributed by atoms with Crippen LogP contribution in [-0.2, 0) is 7.05 Å². The number of hydrazone groups is 1. The van der Waals surface area contributed by atoms with Crippen molar-refractivity contribution in [1.82, 2.24) is 9.55 Å². The van der Waals surface area contributed by atoms with Crippen molar-refractivity contribution in [3.8, 4) is 11.3 Å². The SMILES string of the molecule is CCN(N=Cc1ccc(-c2ccc([N+](=O)[O-])cc2)o1)c1cc(=O)n(C)c(=O)[nH]1. The van der Waals surface area contributed by atoms with Crippen LogP contribution in [0.4, 0.5) is 11.5 Å². The van der Waals surface area contributed by atoms with Crippen molar-refractivity contribution in [1.29, 1.82) is 0 Å². The van der Waals surface area contributed by atoms with E-state index in [0.29, 0.717) is 23.6 Å². The van der Waals surface area contributed by atoms with Gasteiger partial charge < -0.3 is 4.42 Å². The third kappa shape index (κ3) is 3.90. The van der Waals surface area contributed by atoms with Gasteiger partial charge in [-0.2, -0.15) is 5.10 Å². The van der Waals surface area contributed by atoms with Gasteiger partial charge in [0, 0.05) is 37.4 Å². The minimum Gasteiger partial charge on any atom is -0.455 e. The first-order valence-corrected chi connectivity index (χ1v) is 8.35. The molecule has 0 fully saturated rings. The van der Waals surface area contributed by atoms with Crippen molar-refractivity contribution < 1.29 is 9.34 Å². The maximum absolute atomic E-state index is 11.8. The standard InChI is InChI=1S/C18H17N5O5/c1-3-22(16-10-17(24)21(2)18(25)20-16)19-11-14-8-9-15(28-14)12-4-6-13(7-5-12)23(26)27/h4-11H,3H2,1-2H3,(H,20,25). The number of nitro groups is 1. The molecule has 0 spiro atoms. The van der Waals surface area contributed by atoms with Crippen molar-refractivity contribution >= 4 is 17.7 Å².